The van der Waals surface area contributed by atoms with Crippen LogP contribution in [0.1, 0.15) is 30.5 Å². The second-order valence-electron chi connectivity index (χ2n) is 6.43. The minimum absolute atomic E-state index is 0.153. The van der Waals surface area contributed by atoms with E-state index in [1.807, 2.05) is 36.4 Å². The minimum Gasteiger partial charge on any atom is -0.365 e. The molecule has 1 aliphatic rings. The first-order valence-electron chi connectivity index (χ1n) is 8.53. The van der Waals surface area contributed by atoms with Gasteiger partial charge in [0.05, 0.1) is 10.0 Å². The Morgan fingerprint density at radius 3 is 2.65 bits per heavy atom. The summed E-state index contributed by atoms with van der Waals surface area (Å²) >= 11 is 12.0. The molecule has 4 nitrogen and oxygen atoms in total. The maximum atomic E-state index is 6.43. The highest BCUT2D eigenvalue weighted by atomic mass is 35.5. The number of allylic oxidation sites excluding steroid dienone is 1. The molecule has 0 amide bonds. The van der Waals surface area contributed by atoms with Gasteiger partial charge in [-0.3, -0.25) is 10.7 Å². The van der Waals surface area contributed by atoms with Gasteiger partial charge in [0.25, 0.3) is 0 Å². The Hall–Kier alpha value is -2.01. The Morgan fingerprint density at radius 2 is 1.92 bits per heavy atom. The molecule has 0 fully saturated rings. The third-order valence-electron chi connectivity index (χ3n) is 4.35. The molecule has 3 rings (SSSR count). The van der Waals surface area contributed by atoms with Crippen LogP contribution in [-0.4, -0.2) is 12.0 Å². The Labute approximate surface area is 164 Å². The van der Waals surface area contributed by atoms with Crippen LogP contribution in [-0.2, 0) is 6.42 Å². The van der Waals surface area contributed by atoms with E-state index in [-0.39, 0.29) is 6.04 Å². The fourth-order valence-electron chi connectivity index (χ4n) is 2.85. The summed E-state index contributed by atoms with van der Waals surface area (Å²) < 4.78 is 0. The smallest absolute Gasteiger partial charge is 0.183 e. The van der Waals surface area contributed by atoms with Crippen molar-refractivity contribution in [1.29, 1.82) is 0 Å². The molecule has 6 heteroatoms. The van der Waals surface area contributed by atoms with Gasteiger partial charge in [-0.25, -0.2) is 0 Å². The molecule has 2 unspecified atom stereocenters. The average Bonchev–Trinajstić information content (AvgIpc) is 2.63. The molecule has 26 heavy (non-hydrogen) atoms. The number of hydrogen-bond donors (Lipinski definition) is 3. The first-order chi connectivity index (χ1) is 12.5. The van der Waals surface area contributed by atoms with E-state index in [9.17, 15) is 0 Å². The van der Waals surface area contributed by atoms with Gasteiger partial charge in [-0.05, 0) is 42.7 Å². The zero-order valence-electron chi connectivity index (χ0n) is 14.5. The molecule has 0 saturated carbocycles. The van der Waals surface area contributed by atoms with Gasteiger partial charge in [0.1, 0.15) is 5.82 Å². The molecule has 0 aliphatic carbocycles. The highest BCUT2D eigenvalue weighted by Crippen LogP contribution is 2.24. The quantitative estimate of drug-likeness (QED) is 0.686. The van der Waals surface area contributed by atoms with E-state index in [0.717, 1.165) is 17.8 Å². The fourth-order valence-corrected chi connectivity index (χ4v) is 3.17. The summed E-state index contributed by atoms with van der Waals surface area (Å²) in [6.45, 7) is 2.11. The lowest BCUT2D eigenvalue weighted by atomic mass is 10.1. The first-order valence-corrected chi connectivity index (χ1v) is 9.29. The van der Waals surface area contributed by atoms with Crippen molar-refractivity contribution in [3.8, 4) is 0 Å². The van der Waals surface area contributed by atoms with Crippen LogP contribution in [0.3, 0.4) is 0 Å². The third-order valence-corrected chi connectivity index (χ3v) is 5.09. The summed E-state index contributed by atoms with van der Waals surface area (Å²) in [7, 11) is 0. The predicted molar refractivity (Wildman–Crippen MR) is 109 cm³/mol. The Kier molecular flexibility index (Phi) is 5.87. The molecular formula is C20H22Cl2N4. The van der Waals surface area contributed by atoms with E-state index in [2.05, 4.69) is 34.7 Å². The number of halogens is 2. The van der Waals surface area contributed by atoms with Crippen LogP contribution in [0, 0.1) is 0 Å². The van der Waals surface area contributed by atoms with Gasteiger partial charge >= 0.3 is 0 Å². The number of aliphatic imine (C=N–C) groups is 1. The van der Waals surface area contributed by atoms with Crippen LogP contribution in [0.2, 0.25) is 10.0 Å². The van der Waals surface area contributed by atoms with Crippen molar-refractivity contribution in [3.63, 3.8) is 0 Å². The number of benzene rings is 2. The molecule has 0 bridgehead atoms. The largest absolute Gasteiger partial charge is 0.365 e. The van der Waals surface area contributed by atoms with Gasteiger partial charge in [0, 0.05) is 18.7 Å². The molecule has 0 aromatic heterocycles. The topological polar surface area (TPSA) is 62.4 Å². The molecule has 4 N–H and O–H groups in total. The molecule has 1 heterocycles. The van der Waals surface area contributed by atoms with E-state index in [1.54, 1.807) is 12.3 Å². The molecule has 0 spiro atoms. The van der Waals surface area contributed by atoms with Gasteiger partial charge in [0.15, 0.2) is 5.79 Å². The van der Waals surface area contributed by atoms with Crippen LogP contribution in [0.4, 0.5) is 0 Å². The first kappa shape index (κ1) is 18.8. The molecule has 0 radical (unpaired) electrons. The highest BCUT2D eigenvalue weighted by Gasteiger charge is 2.26. The van der Waals surface area contributed by atoms with E-state index >= 15 is 0 Å². The Balaban J connectivity index is 1.60. The number of aryl methyl sites for hydroxylation is 1. The van der Waals surface area contributed by atoms with E-state index in [4.69, 9.17) is 28.9 Å². The highest BCUT2D eigenvalue weighted by molar-refractivity contribution is 6.42. The van der Waals surface area contributed by atoms with Crippen molar-refractivity contribution < 1.29 is 0 Å². The number of rotatable bonds is 6. The van der Waals surface area contributed by atoms with Gasteiger partial charge in [-0.15, -0.1) is 0 Å². The van der Waals surface area contributed by atoms with Gasteiger partial charge in [-0.2, -0.15) is 0 Å². The van der Waals surface area contributed by atoms with Crippen molar-refractivity contribution in [2.75, 3.05) is 0 Å². The van der Waals surface area contributed by atoms with Crippen molar-refractivity contribution in [2.24, 2.45) is 10.7 Å². The maximum Gasteiger partial charge on any atom is 0.183 e. The maximum absolute atomic E-state index is 6.43. The standard InChI is InChI=1S/C20H22Cl2N4/c1-14(16-5-3-2-4-6-16)25-19-10-12-24-20(23,26-19)11-9-15-7-8-17(21)18(22)13-15/h2-8,10,12-14,25-26H,9,11,23H2,1H3. The summed E-state index contributed by atoms with van der Waals surface area (Å²) in [6, 6.07) is 16.0. The number of nitrogens with two attached hydrogens (primary N) is 1. The number of hydrogen-bond acceptors (Lipinski definition) is 4. The lowest BCUT2D eigenvalue weighted by molar-refractivity contribution is 0.338. The second-order valence-corrected chi connectivity index (χ2v) is 7.25. The Bertz CT molecular complexity index is 820. The van der Waals surface area contributed by atoms with E-state index in [1.165, 1.54) is 5.56 Å². The van der Waals surface area contributed by atoms with Crippen LogP contribution < -0.4 is 16.4 Å². The summed E-state index contributed by atoms with van der Waals surface area (Å²) in [5.41, 5.74) is 8.71. The van der Waals surface area contributed by atoms with Gasteiger partial charge < -0.3 is 10.6 Å². The predicted octanol–water partition coefficient (Wildman–Crippen LogP) is 4.40. The second kappa shape index (κ2) is 8.12. The number of nitrogens with one attached hydrogen (secondary N) is 2. The van der Waals surface area contributed by atoms with Crippen molar-refractivity contribution in [1.82, 2.24) is 10.6 Å². The van der Waals surface area contributed by atoms with E-state index < -0.39 is 5.79 Å². The van der Waals surface area contributed by atoms with Crippen molar-refractivity contribution >= 4 is 29.4 Å². The molecule has 2 aromatic carbocycles. The van der Waals surface area contributed by atoms with Gasteiger partial charge in [-0.1, -0.05) is 59.6 Å². The molecule has 0 saturated heterocycles. The monoisotopic (exact) mass is 388 g/mol. The van der Waals surface area contributed by atoms with Crippen LogP contribution in [0.25, 0.3) is 0 Å². The summed E-state index contributed by atoms with van der Waals surface area (Å²) in [5.74, 6) is -0.00688. The van der Waals surface area contributed by atoms with Crippen molar-refractivity contribution in [2.45, 2.75) is 31.6 Å². The summed E-state index contributed by atoms with van der Waals surface area (Å²) in [4.78, 5) is 4.41. The lowest BCUT2D eigenvalue weighted by Gasteiger charge is -2.32. The van der Waals surface area contributed by atoms with Crippen molar-refractivity contribution in [3.05, 3.63) is 81.6 Å². The van der Waals surface area contributed by atoms with Crippen LogP contribution >= 0.6 is 23.2 Å². The molecule has 136 valence electrons. The normalized spacial score (nSPS) is 20.2. The molecule has 2 aromatic rings. The molecule has 2 atom stereocenters. The Morgan fingerprint density at radius 1 is 1.15 bits per heavy atom. The summed E-state index contributed by atoms with van der Waals surface area (Å²) in [6.07, 6.45) is 4.99. The van der Waals surface area contributed by atoms with E-state index in [0.29, 0.717) is 16.5 Å². The lowest BCUT2D eigenvalue weighted by Crippen LogP contribution is -2.55. The number of nitrogens with zero attached hydrogens (tertiary/aromatic N) is 1. The van der Waals surface area contributed by atoms with Crippen LogP contribution in [0.15, 0.2) is 65.4 Å². The molecule has 1 aliphatic heterocycles. The SMILES string of the molecule is CC(NC1=CC=NC(N)(CCc2ccc(Cl)c(Cl)c2)N1)c1ccccc1. The molecular weight excluding hydrogens is 367 g/mol. The third kappa shape index (κ3) is 4.79. The van der Waals surface area contributed by atoms with Gasteiger partial charge in [0.2, 0.25) is 0 Å². The zero-order valence-corrected chi connectivity index (χ0v) is 16.1. The summed E-state index contributed by atoms with van der Waals surface area (Å²) in [5, 5.41) is 7.84. The average molecular weight is 389 g/mol. The zero-order chi connectivity index (χ0) is 18.6. The minimum atomic E-state index is -0.862. The fraction of sp³-hybridized carbons (Fsp3) is 0.250. The van der Waals surface area contributed by atoms with Crippen LogP contribution in [0.5, 0.6) is 0 Å².